The Labute approximate surface area is 144 Å². The van der Waals surface area contributed by atoms with Gasteiger partial charge in [0, 0.05) is 57.4 Å². The van der Waals surface area contributed by atoms with E-state index in [4.69, 9.17) is 0 Å². The van der Waals surface area contributed by atoms with Gasteiger partial charge in [-0.05, 0) is 26.3 Å². The molecule has 1 amide bonds. The van der Waals surface area contributed by atoms with Crippen LogP contribution in [-0.4, -0.2) is 75.5 Å². The Morgan fingerprint density at radius 3 is 2.67 bits per heavy atom. The second-order valence-corrected chi connectivity index (χ2v) is 7.43. The quantitative estimate of drug-likeness (QED) is 0.830. The number of imidazole rings is 1. The fraction of sp³-hybridized carbons (Fsp3) is 0.778. The third-order valence-electron chi connectivity index (χ3n) is 5.95. The summed E-state index contributed by atoms with van der Waals surface area (Å²) in [6.45, 7) is 10.9. The van der Waals surface area contributed by atoms with Gasteiger partial charge >= 0.3 is 0 Å². The van der Waals surface area contributed by atoms with Crippen molar-refractivity contribution in [1.29, 1.82) is 0 Å². The van der Waals surface area contributed by atoms with Gasteiger partial charge in [0.15, 0.2) is 0 Å². The van der Waals surface area contributed by atoms with E-state index in [1.165, 1.54) is 24.2 Å². The minimum absolute atomic E-state index is 0.0441. The lowest BCUT2D eigenvalue weighted by molar-refractivity contribution is -0.138. The number of piperazine rings is 1. The van der Waals surface area contributed by atoms with Gasteiger partial charge in [0.05, 0.1) is 18.1 Å². The van der Waals surface area contributed by atoms with Crippen LogP contribution in [0.15, 0.2) is 6.33 Å². The second kappa shape index (κ2) is 6.48. The van der Waals surface area contributed by atoms with Crippen molar-refractivity contribution in [3.63, 3.8) is 0 Å². The molecule has 1 saturated heterocycles. The van der Waals surface area contributed by atoms with Gasteiger partial charge in [-0.25, -0.2) is 4.98 Å². The summed E-state index contributed by atoms with van der Waals surface area (Å²) in [5, 5.41) is 0. The van der Waals surface area contributed by atoms with Crippen LogP contribution in [0.3, 0.4) is 0 Å². The van der Waals surface area contributed by atoms with Crippen molar-refractivity contribution in [2.45, 2.75) is 51.7 Å². The Kier molecular flexibility index (Phi) is 4.35. The van der Waals surface area contributed by atoms with Crippen LogP contribution in [-0.2, 0) is 17.8 Å². The zero-order chi connectivity index (χ0) is 16.7. The van der Waals surface area contributed by atoms with E-state index in [9.17, 15) is 4.79 Å². The van der Waals surface area contributed by atoms with Crippen molar-refractivity contribution in [2.75, 3.05) is 39.3 Å². The monoisotopic (exact) mass is 331 g/mol. The van der Waals surface area contributed by atoms with Crippen LogP contribution in [0.1, 0.15) is 44.1 Å². The molecular weight excluding hydrogens is 302 g/mol. The molecule has 0 N–H and O–H groups in total. The van der Waals surface area contributed by atoms with Gasteiger partial charge in [0.2, 0.25) is 5.91 Å². The minimum Gasteiger partial charge on any atom is -0.339 e. The van der Waals surface area contributed by atoms with Crippen LogP contribution in [0.4, 0.5) is 0 Å². The predicted octanol–water partition coefficient (Wildman–Crippen LogP) is 1.13. The van der Waals surface area contributed by atoms with Crippen molar-refractivity contribution in [3.05, 3.63) is 17.7 Å². The molecule has 0 bridgehead atoms. The highest BCUT2D eigenvalue weighted by Crippen LogP contribution is 2.37. The second-order valence-electron chi connectivity index (χ2n) is 7.43. The van der Waals surface area contributed by atoms with Crippen molar-refractivity contribution in [1.82, 2.24) is 24.3 Å². The molecule has 1 aliphatic carbocycles. The Balaban J connectivity index is 1.38. The van der Waals surface area contributed by atoms with Crippen molar-refractivity contribution in [2.24, 2.45) is 0 Å². The number of aromatic nitrogens is 2. The maximum atomic E-state index is 12.9. The first-order valence-electron chi connectivity index (χ1n) is 9.47. The molecule has 2 aliphatic heterocycles. The summed E-state index contributed by atoms with van der Waals surface area (Å²) in [6.07, 6.45) is 5.63. The average molecular weight is 331 g/mol. The maximum absolute atomic E-state index is 12.9. The lowest BCUT2D eigenvalue weighted by atomic mass is 10.1. The van der Waals surface area contributed by atoms with Crippen molar-refractivity contribution >= 4 is 5.91 Å². The number of fused-ring (bicyclic) bond motifs is 1. The smallest absolute Gasteiger partial charge is 0.239 e. The molecule has 4 rings (SSSR count). The Morgan fingerprint density at radius 2 is 2.00 bits per heavy atom. The molecule has 1 unspecified atom stereocenters. The van der Waals surface area contributed by atoms with E-state index in [0.717, 1.165) is 52.2 Å². The van der Waals surface area contributed by atoms with Crippen LogP contribution in [0.25, 0.3) is 0 Å². The SMILES string of the molecule is CCN1CCN(C(=O)C(C)N2CCc3c(ncn3C3CC3)C2)CC1. The van der Waals surface area contributed by atoms with E-state index in [0.29, 0.717) is 6.04 Å². The molecule has 132 valence electrons. The molecule has 6 nitrogen and oxygen atoms in total. The lowest BCUT2D eigenvalue weighted by Gasteiger charge is -2.38. The highest BCUT2D eigenvalue weighted by molar-refractivity contribution is 5.81. The summed E-state index contributed by atoms with van der Waals surface area (Å²) in [5.41, 5.74) is 2.59. The van der Waals surface area contributed by atoms with Crippen molar-refractivity contribution < 1.29 is 4.79 Å². The molecule has 6 heteroatoms. The first-order valence-corrected chi connectivity index (χ1v) is 9.47. The predicted molar refractivity (Wildman–Crippen MR) is 92.8 cm³/mol. The number of nitrogens with zero attached hydrogens (tertiary/aromatic N) is 5. The first-order chi connectivity index (χ1) is 11.7. The van der Waals surface area contributed by atoms with Gasteiger partial charge in [0.1, 0.15) is 0 Å². The van der Waals surface area contributed by atoms with E-state index in [1.807, 2.05) is 6.33 Å². The van der Waals surface area contributed by atoms with Gasteiger partial charge in [0.25, 0.3) is 0 Å². The summed E-state index contributed by atoms with van der Waals surface area (Å²) in [4.78, 5) is 24.3. The average Bonchev–Trinajstić information content (AvgIpc) is 3.39. The maximum Gasteiger partial charge on any atom is 0.239 e. The van der Waals surface area contributed by atoms with Crippen LogP contribution in [0, 0.1) is 0 Å². The third-order valence-corrected chi connectivity index (χ3v) is 5.95. The largest absolute Gasteiger partial charge is 0.339 e. The Bertz CT molecular complexity index is 601. The zero-order valence-electron chi connectivity index (χ0n) is 14.9. The summed E-state index contributed by atoms with van der Waals surface area (Å²) in [7, 11) is 0. The molecule has 1 aromatic heterocycles. The fourth-order valence-corrected chi connectivity index (χ4v) is 4.05. The minimum atomic E-state index is -0.0441. The highest BCUT2D eigenvalue weighted by atomic mass is 16.2. The van der Waals surface area contributed by atoms with E-state index in [2.05, 4.69) is 38.1 Å². The zero-order valence-corrected chi connectivity index (χ0v) is 14.9. The number of amides is 1. The van der Waals surface area contributed by atoms with Gasteiger partial charge in [-0.2, -0.15) is 0 Å². The van der Waals surface area contributed by atoms with Gasteiger partial charge in [-0.3, -0.25) is 9.69 Å². The van der Waals surface area contributed by atoms with Crippen LogP contribution in [0.5, 0.6) is 0 Å². The fourth-order valence-electron chi connectivity index (χ4n) is 4.05. The van der Waals surface area contributed by atoms with E-state index in [-0.39, 0.29) is 11.9 Å². The van der Waals surface area contributed by atoms with Gasteiger partial charge in [-0.15, -0.1) is 0 Å². The highest BCUT2D eigenvalue weighted by Gasteiger charge is 2.33. The molecule has 0 spiro atoms. The third kappa shape index (κ3) is 2.97. The molecule has 2 fully saturated rings. The number of likely N-dealkylation sites (N-methyl/N-ethyl adjacent to an activating group) is 1. The summed E-state index contributed by atoms with van der Waals surface area (Å²) in [5.74, 6) is 0.288. The number of rotatable bonds is 4. The Morgan fingerprint density at radius 1 is 1.25 bits per heavy atom. The molecule has 3 aliphatic rings. The van der Waals surface area contributed by atoms with Gasteiger partial charge in [-0.1, -0.05) is 6.92 Å². The normalized spacial score (nSPS) is 24.0. The lowest BCUT2D eigenvalue weighted by Crippen LogP contribution is -2.54. The van der Waals surface area contributed by atoms with Crippen molar-refractivity contribution in [3.8, 4) is 0 Å². The number of hydrogen-bond donors (Lipinski definition) is 0. The molecular formula is C18H29N5O. The summed E-state index contributed by atoms with van der Waals surface area (Å²) < 4.78 is 2.38. The van der Waals surface area contributed by atoms with E-state index < -0.39 is 0 Å². The number of carbonyl (C=O) groups excluding carboxylic acids is 1. The molecule has 0 aromatic carbocycles. The standard InChI is InChI=1S/C18H29N5O/c1-3-20-8-10-21(11-9-20)18(24)14(2)22-7-6-17-16(12-22)19-13-23(17)15-4-5-15/h13-15H,3-12H2,1-2H3. The van der Waals surface area contributed by atoms with Crippen LogP contribution in [0.2, 0.25) is 0 Å². The molecule has 0 radical (unpaired) electrons. The molecule has 1 atom stereocenters. The number of carbonyl (C=O) groups is 1. The van der Waals surface area contributed by atoms with Crippen LogP contribution >= 0.6 is 0 Å². The molecule has 24 heavy (non-hydrogen) atoms. The molecule has 1 aromatic rings. The summed E-state index contributed by atoms with van der Waals surface area (Å²) in [6, 6.07) is 0.652. The van der Waals surface area contributed by atoms with E-state index >= 15 is 0 Å². The molecule has 3 heterocycles. The Hall–Kier alpha value is -1.40. The topological polar surface area (TPSA) is 44.6 Å². The van der Waals surface area contributed by atoms with Crippen LogP contribution < -0.4 is 0 Å². The molecule has 1 saturated carbocycles. The summed E-state index contributed by atoms with van der Waals surface area (Å²) >= 11 is 0. The number of hydrogen-bond acceptors (Lipinski definition) is 4. The first kappa shape index (κ1) is 16.1. The van der Waals surface area contributed by atoms with Gasteiger partial charge < -0.3 is 14.4 Å². The van der Waals surface area contributed by atoms with E-state index in [1.54, 1.807) is 0 Å².